The Morgan fingerprint density at radius 2 is 1.44 bits per heavy atom. The van der Waals surface area contributed by atoms with Crippen molar-refractivity contribution >= 4 is 21.8 Å². The molecule has 0 aliphatic heterocycles. The molecule has 27 heavy (non-hydrogen) atoms. The Bertz CT molecular complexity index is 1030. The topological polar surface area (TPSA) is 25.8 Å². The molecule has 0 aliphatic carbocycles. The number of rotatable bonds is 7. The van der Waals surface area contributed by atoms with Gasteiger partial charge in [0.25, 0.3) is 0 Å². The minimum atomic E-state index is 0.973. The summed E-state index contributed by atoms with van der Waals surface area (Å²) in [5, 5.41) is 2.27. The first-order valence-electron chi connectivity index (χ1n) is 10.1. The summed E-state index contributed by atoms with van der Waals surface area (Å²) in [7, 11) is 0. The number of fused-ring (bicyclic) bond motifs is 3. The summed E-state index contributed by atoms with van der Waals surface area (Å²) >= 11 is 0. The van der Waals surface area contributed by atoms with E-state index in [2.05, 4.69) is 66.5 Å². The van der Waals surface area contributed by atoms with Gasteiger partial charge in [-0.05, 0) is 30.5 Å². The zero-order valence-corrected chi connectivity index (χ0v) is 16.0. The van der Waals surface area contributed by atoms with Crippen LogP contribution in [0.4, 0.5) is 0 Å². The highest BCUT2D eigenvalue weighted by Gasteiger charge is 2.06. The lowest BCUT2D eigenvalue weighted by Crippen LogP contribution is -1.90. The molecule has 0 saturated carbocycles. The van der Waals surface area contributed by atoms with Gasteiger partial charge in [0.2, 0.25) is 0 Å². The van der Waals surface area contributed by atoms with Gasteiger partial charge in [0.05, 0.1) is 16.7 Å². The van der Waals surface area contributed by atoms with Crippen molar-refractivity contribution in [3.05, 3.63) is 72.4 Å². The summed E-state index contributed by atoms with van der Waals surface area (Å²) in [4.78, 5) is 9.49. The lowest BCUT2D eigenvalue weighted by molar-refractivity contribution is 0.632. The minimum absolute atomic E-state index is 0.973. The monoisotopic (exact) mass is 354 g/mol. The number of aromatic nitrogens is 2. The fourth-order valence-electron chi connectivity index (χ4n) is 3.66. The van der Waals surface area contributed by atoms with Crippen molar-refractivity contribution in [1.82, 2.24) is 9.97 Å². The summed E-state index contributed by atoms with van der Waals surface area (Å²) in [6.45, 7) is 2.26. The summed E-state index contributed by atoms with van der Waals surface area (Å²) in [6, 6.07) is 21.5. The van der Waals surface area contributed by atoms with Crippen molar-refractivity contribution in [3.63, 3.8) is 0 Å². The Balaban J connectivity index is 1.56. The van der Waals surface area contributed by atoms with Crippen LogP contribution < -0.4 is 0 Å². The highest BCUT2D eigenvalue weighted by Crippen LogP contribution is 2.26. The van der Waals surface area contributed by atoms with Crippen LogP contribution in [-0.2, 0) is 6.42 Å². The number of hydrogen-bond donors (Lipinski definition) is 0. The summed E-state index contributed by atoms with van der Waals surface area (Å²) in [6.07, 6.45) is 9.65. The molecule has 0 radical (unpaired) electrons. The van der Waals surface area contributed by atoms with E-state index < -0.39 is 0 Å². The van der Waals surface area contributed by atoms with Gasteiger partial charge in [0.1, 0.15) is 0 Å². The first-order valence-corrected chi connectivity index (χ1v) is 10.1. The average Bonchev–Trinajstić information content (AvgIpc) is 2.73. The molecular formula is C25H26N2. The Labute approximate surface area is 161 Å². The number of hydrogen-bond acceptors (Lipinski definition) is 2. The summed E-state index contributed by atoms with van der Waals surface area (Å²) < 4.78 is 0. The number of benzene rings is 2. The molecule has 0 bridgehead atoms. The van der Waals surface area contributed by atoms with E-state index in [1.165, 1.54) is 49.7 Å². The first kappa shape index (κ1) is 17.7. The number of pyridine rings is 2. The van der Waals surface area contributed by atoms with Crippen molar-refractivity contribution in [2.75, 3.05) is 0 Å². The van der Waals surface area contributed by atoms with Crippen molar-refractivity contribution in [2.24, 2.45) is 0 Å². The number of nitrogens with zero attached hydrogens (tertiary/aromatic N) is 2. The molecule has 0 unspecified atom stereocenters. The van der Waals surface area contributed by atoms with Crippen LogP contribution in [0.2, 0.25) is 0 Å². The molecule has 0 amide bonds. The van der Waals surface area contributed by atoms with Crippen LogP contribution in [0.25, 0.3) is 33.1 Å². The predicted molar refractivity (Wildman–Crippen MR) is 115 cm³/mol. The molecule has 2 aromatic carbocycles. The third-order valence-corrected chi connectivity index (χ3v) is 5.25. The maximum absolute atomic E-state index is 4.94. The normalized spacial score (nSPS) is 11.3. The van der Waals surface area contributed by atoms with Gasteiger partial charge in [0, 0.05) is 22.5 Å². The molecule has 2 nitrogen and oxygen atoms in total. The third-order valence-electron chi connectivity index (χ3n) is 5.25. The van der Waals surface area contributed by atoms with Crippen molar-refractivity contribution < 1.29 is 0 Å². The second-order valence-corrected chi connectivity index (χ2v) is 7.27. The highest BCUT2D eigenvalue weighted by atomic mass is 14.7. The van der Waals surface area contributed by atoms with Crippen LogP contribution in [0.15, 0.2) is 66.9 Å². The molecular weight excluding hydrogens is 328 g/mol. The van der Waals surface area contributed by atoms with E-state index in [1.807, 2.05) is 12.3 Å². The van der Waals surface area contributed by atoms with Gasteiger partial charge in [-0.1, -0.05) is 81.1 Å². The lowest BCUT2D eigenvalue weighted by atomic mass is 10.0. The molecule has 2 heterocycles. The van der Waals surface area contributed by atoms with E-state index in [0.717, 1.165) is 27.5 Å². The molecule has 0 spiro atoms. The SMILES string of the molecule is CCCCCCCc1ccc(-c2ccc3ccc4cccnc4c3n2)cc1. The summed E-state index contributed by atoms with van der Waals surface area (Å²) in [5.74, 6) is 0. The van der Waals surface area contributed by atoms with E-state index in [4.69, 9.17) is 4.98 Å². The van der Waals surface area contributed by atoms with Crippen molar-refractivity contribution in [3.8, 4) is 11.3 Å². The fourth-order valence-corrected chi connectivity index (χ4v) is 3.66. The van der Waals surface area contributed by atoms with Crippen LogP contribution in [0.5, 0.6) is 0 Å². The fraction of sp³-hybridized carbons (Fsp3) is 0.280. The molecule has 2 aromatic heterocycles. The predicted octanol–water partition coefficient (Wildman–Crippen LogP) is 6.96. The average molecular weight is 354 g/mol. The molecule has 0 N–H and O–H groups in total. The van der Waals surface area contributed by atoms with E-state index in [0.29, 0.717) is 0 Å². The zero-order valence-electron chi connectivity index (χ0n) is 16.0. The molecule has 0 atom stereocenters. The molecule has 4 aromatic rings. The van der Waals surface area contributed by atoms with Gasteiger partial charge < -0.3 is 0 Å². The quantitative estimate of drug-likeness (QED) is 0.265. The third kappa shape index (κ3) is 4.00. The van der Waals surface area contributed by atoms with Gasteiger partial charge in [-0.25, -0.2) is 4.98 Å². The Morgan fingerprint density at radius 3 is 2.26 bits per heavy atom. The van der Waals surface area contributed by atoms with Gasteiger partial charge >= 0.3 is 0 Å². The molecule has 2 heteroatoms. The zero-order chi connectivity index (χ0) is 18.5. The number of aryl methyl sites for hydroxylation is 1. The van der Waals surface area contributed by atoms with E-state index in [1.54, 1.807) is 0 Å². The van der Waals surface area contributed by atoms with E-state index in [9.17, 15) is 0 Å². The smallest absolute Gasteiger partial charge is 0.0972 e. The standard InChI is InChI=1S/C25H26N2/c1-2-3-4-5-6-8-19-10-12-20(13-11-19)23-17-16-22-15-14-21-9-7-18-26-24(21)25(22)27-23/h7,9-18H,2-6,8H2,1H3. The van der Waals surface area contributed by atoms with Crippen LogP contribution >= 0.6 is 0 Å². The maximum atomic E-state index is 4.94. The van der Waals surface area contributed by atoms with Crippen LogP contribution in [0.1, 0.15) is 44.6 Å². The molecule has 0 aliphatic rings. The lowest BCUT2D eigenvalue weighted by Gasteiger charge is -2.07. The molecule has 0 fully saturated rings. The second kappa shape index (κ2) is 8.30. The molecule has 136 valence electrons. The Kier molecular flexibility index (Phi) is 5.43. The maximum Gasteiger partial charge on any atom is 0.0972 e. The number of unbranched alkanes of at least 4 members (excludes halogenated alkanes) is 4. The Hall–Kier alpha value is -2.74. The van der Waals surface area contributed by atoms with E-state index >= 15 is 0 Å². The summed E-state index contributed by atoms with van der Waals surface area (Å²) in [5.41, 5.74) is 5.55. The van der Waals surface area contributed by atoms with Gasteiger partial charge in [-0.2, -0.15) is 0 Å². The van der Waals surface area contributed by atoms with Crippen molar-refractivity contribution in [1.29, 1.82) is 0 Å². The second-order valence-electron chi connectivity index (χ2n) is 7.27. The Morgan fingerprint density at radius 1 is 0.704 bits per heavy atom. The van der Waals surface area contributed by atoms with Crippen LogP contribution in [0.3, 0.4) is 0 Å². The van der Waals surface area contributed by atoms with Crippen LogP contribution in [0, 0.1) is 0 Å². The van der Waals surface area contributed by atoms with Crippen molar-refractivity contribution in [2.45, 2.75) is 45.4 Å². The van der Waals surface area contributed by atoms with Gasteiger partial charge in [-0.15, -0.1) is 0 Å². The molecule has 4 rings (SSSR count). The van der Waals surface area contributed by atoms with Gasteiger partial charge in [0.15, 0.2) is 0 Å². The molecule has 0 saturated heterocycles. The first-order chi connectivity index (χ1) is 13.3. The minimum Gasteiger partial charge on any atom is -0.254 e. The van der Waals surface area contributed by atoms with Crippen LogP contribution in [-0.4, -0.2) is 9.97 Å². The highest BCUT2D eigenvalue weighted by molar-refractivity contribution is 6.03. The van der Waals surface area contributed by atoms with E-state index in [-0.39, 0.29) is 0 Å². The van der Waals surface area contributed by atoms with Gasteiger partial charge in [-0.3, -0.25) is 4.98 Å². The largest absolute Gasteiger partial charge is 0.254 e.